The Morgan fingerprint density at radius 2 is 1.82 bits per heavy atom. The summed E-state index contributed by atoms with van der Waals surface area (Å²) in [5, 5.41) is 0. The number of rotatable bonds is 4. The number of hydrogen-bond donors (Lipinski definition) is 0. The average molecular weight is 154 g/mol. The Balaban J connectivity index is 2.04. The van der Waals surface area contributed by atoms with E-state index in [1.165, 1.54) is 19.3 Å². The van der Waals surface area contributed by atoms with Crippen molar-refractivity contribution >= 4 is 0 Å². The van der Waals surface area contributed by atoms with Crippen LogP contribution in [-0.4, -0.2) is 0 Å². The fourth-order valence-corrected chi connectivity index (χ4v) is 1.97. The lowest BCUT2D eigenvalue weighted by Gasteiger charge is -2.05. The molecule has 0 spiro atoms. The zero-order chi connectivity index (χ0) is 8.43. The van der Waals surface area contributed by atoms with Gasteiger partial charge in [-0.3, -0.25) is 0 Å². The van der Waals surface area contributed by atoms with Crippen LogP contribution in [-0.2, 0) is 0 Å². The molecule has 1 rings (SSSR count). The molecule has 1 fully saturated rings. The topological polar surface area (TPSA) is 0 Å². The Morgan fingerprint density at radius 1 is 1.18 bits per heavy atom. The third-order valence-electron chi connectivity index (χ3n) is 2.95. The van der Waals surface area contributed by atoms with Crippen molar-refractivity contribution in [2.24, 2.45) is 23.7 Å². The third-order valence-corrected chi connectivity index (χ3v) is 2.95. The summed E-state index contributed by atoms with van der Waals surface area (Å²) in [5.41, 5.74) is 0. The van der Waals surface area contributed by atoms with E-state index in [1.807, 2.05) is 0 Å². The summed E-state index contributed by atoms with van der Waals surface area (Å²) in [6.07, 6.45) is 4.44. The largest absolute Gasteiger partial charge is 0.0628 e. The molecule has 11 heavy (non-hydrogen) atoms. The van der Waals surface area contributed by atoms with E-state index in [0.717, 1.165) is 23.7 Å². The first-order valence-corrected chi connectivity index (χ1v) is 5.11. The highest BCUT2D eigenvalue weighted by Crippen LogP contribution is 2.47. The second-order valence-corrected chi connectivity index (χ2v) is 4.87. The molecule has 2 atom stereocenters. The molecular weight excluding hydrogens is 132 g/mol. The van der Waals surface area contributed by atoms with Crippen molar-refractivity contribution in [2.45, 2.75) is 47.0 Å². The SMILES string of the molecule is CC(C)CCC1CC1C(C)C. The molecule has 1 aliphatic carbocycles. The van der Waals surface area contributed by atoms with Gasteiger partial charge in [-0.1, -0.05) is 34.1 Å². The van der Waals surface area contributed by atoms with Crippen molar-refractivity contribution in [3.8, 4) is 0 Å². The normalized spacial score (nSPS) is 30.0. The average Bonchev–Trinajstić information content (AvgIpc) is 2.61. The fourth-order valence-electron chi connectivity index (χ4n) is 1.97. The molecule has 1 aliphatic rings. The minimum absolute atomic E-state index is 0.906. The van der Waals surface area contributed by atoms with Crippen LogP contribution < -0.4 is 0 Å². The Hall–Kier alpha value is 0. The molecule has 0 aromatic rings. The van der Waals surface area contributed by atoms with Gasteiger partial charge in [0, 0.05) is 0 Å². The van der Waals surface area contributed by atoms with Gasteiger partial charge in [0.1, 0.15) is 0 Å². The molecule has 0 radical (unpaired) electrons. The second-order valence-electron chi connectivity index (χ2n) is 4.87. The zero-order valence-electron chi connectivity index (χ0n) is 8.43. The van der Waals surface area contributed by atoms with Gasteiger partial charge < -0.3 is 0 Å². The smallest absolute Gasteiger partial charge is 0.0360 e. The Labute approximate surface area is 71.4 Å². The zero-order valence-corrected chi connectivity index (χ0v) is 8.43. The minimum atomic E-state index is 0.906. The van der Waals surface area contributed by atoms with Gasteiger partial charge in [0.2, 0.25) is 0 Å². The summed E-state index contributed by atoms with van der Waals surface area (Å²) < 4.78 is 0. The fraction of sp³-hybridized carbons (Fsp3) is 1.00. The molecule has 2 unspecified atom stereocenters. The van der Waals surface area contributed by atoms with E-state index >= 15 is 0 Å². The quantitative estimate of drug-likeness (QED) is 0.579. The van der Waals surface area contributed by atoms with E-state index in [0.29, 0.717) is 0 Å². The summed E-state index contributed by atoms with van der Waals surface area (Å²) in [7, 11) is 0. The van der Waals surface area contributed by atoms with Gasteiger partial charge in [-0.15, -0.1) is 0 Å². The van der Waals surface area contributed by atoms with Gasteiger partial charge in [0.05, 0.1) is 0 Å². The molecule has 0 aliphatic heterocycles. The van der Waals surface area contributed by atoms with Gasteiger partial charge >= 0.3 is 0 Å². The van der Waals surface area contributed by atoms with Crippen LogP contribution in [0.1, 0.15) is 47.0 Å². The highest BCUT2D eigenvalue weighted by molar-refractivity contribution is 4.87. The molecule has 0 nitrogen and oxygen atoms in total. The van der Waals surface area contributed by atoms with Crippen LogP contribution in [0.5, 0.6) is 0 Å². The van der Waals surface area contributed by atoms with Gasteiger partial charge in [0.15, 0.2) is 0 Å². The first kappa shape index (κ1) is 9.09. The van der Waals surface area contributed by atoms with E-state index in [1.54, 1.807) is 0 Å². The first-order valence-electron chi connectivity index (χ1n) is 5.11. The summed E-state index contributed by atoms with van der Waals surface area (Å²) >= 11 is 0. The molecule has 0 aromatic carbocycles. The first-order chi connectivity index (χ1) is 5.11. The minimum Gasteiger partial charge on any atom is -0.0628 e. The molecule has 0 N–H and O–H groups in total. The van der Waals surface area contributed by atoms with Gasteiger partial charge in [-0.05, 0) is 36.5 Å². The Bertz CT molecular complexity index is 113. The maximum Gasteiger partial charge on any atom is -0.0360 e. The molecule has 0 bridgehead atoms. The molecule has 1 saturated carbocycles. The van der Waals surface area contributed by atoms with Crippen molar-refractivity contribution in [3.63, 3.8) is 0 Å². The Morgan fingerprint density at radius 3 is 2.18 bits per heavy atom. The van der Waals surface area contributed by atoms with E-state index < -0.39 is 0 Å². The molecule has 0 saturated heterocycles. The number of hydrogen-bond acceptors (Lipinski definition) is 0. The second kappa shape index (κ2) is 3.60. The summed E-state index contributed by atoms with van der Waals surface area (Å²) in [5.74, 6) is 4.02. The lowest BCUT2D eigenvalue weighted by atomic mass is 10.0. The van der Waals surface area contributed by atoms with E-state index in [2.05, 4.69) is 27.7 Å². The van der Waals surface area contributed by atoms with Crippen molar-refractivity contribution in [2.75, 3.05) is 0 Å². The molecule has 0 aromatic heterocycles. The monoisotopic (exact) mass is 154 g/mol. The molecule has 0 heteroatoms. The van der Waals surface area contributed by atoms with Gasteiger partial charge in [-0.2, -0.15) is 0 Å². The lowest BCUT2D eigenvalue weighted by molar-refractivity contribution is 0.463. The van der Waals surface area contributed by atoms with Crippen molar-refractivity contribution in [1.29, 1.82) is 0 Å². The van der Waals surface area contributed by atoms with Crippen LogP contribution in [0.25, 0.3) is 0 Å². The molecule has 0 heterocycles. The summed E-state index contributed by atoms with van der Waals surface area (Å²) in [6.45, 7) is 9.37. The molecular formula is C11H22. The van der Waals surface area contributed by atoms with E-state index in [-0.39, 0.29) is 0 Å². The van der Waals surface area contributed by atoms with Crippen molar-refractivity contribution < 1.29 is 0 Å². The van der Waals surface area contributed by atoms with Crippen molar-refractivity contribution in [3.05, 3.63) is 0 Å². The molecule has 66 valence electrons. The summed E-state index contributed by atoms with van der Waals surface area (Å²) in [4.78, 5) is 0. The van der Waals surface area contributed by atoms with E-state index in [9.17, 15) is 0 Å². The van der Waals surface area contributed by atoms with Gasteiger partial charge in [0.25, 0.3) is 0 Å². The summed E-state index contributed by atoms with van der Waals surface area (Å²) in [6, 6.07) is 0. The van der Waals surface area contributed by atoms with Crippen LogP contribution in [0.15, 0.2) is 0 Å². The van der Waals surface area contributed by atoms with Crippen LogP contribution >= 0.6 is 0 Å². The van der Waals surface area contributed by atoms with Crippen LogP contribution in [0, 0.1) is 23.7 Å². The Kier molecular flexibility index (Phi) is 2.98. The van der Waals surface area contributed by atoms with Crippen LogP contribution in [0.2, 0.25) is 0 Å². The van der Waals surface area contributed by atoms with Gasteiger partial charge in [-0.25, -0.2) is 0 Å². The third kappa shape index (κ3) is 2.84. The van der Waals surface area contributed by atoms with E-state index in [4.69, 9.17) is 0 Å². The van der Waals surface area contributed by atoms with Crippen LogP contribution in [0.4, 0.5) is 0 Å². The maximum atomic E-state index is 2.36. The highest BCUT2D eigenvalue weighted by Gasteiger charge is 2.38. The lowest BCUT2D eigenvalue weighted by Crippen LogP contribution is -1.94. The predicted octanol–water partition coefficient (Wildman–Crippen LogP) is 3.71. The van der Waals surface area contributed by atoms with Crippen molar-refractivity contribution in [1.82, 2.24) is 0 Å². The maximum absolute atomic E-state index is 2.36. The predicted molar refractivity (Wildman–Crippen MR) is 50.5 cm³/mol. The molecule has 0 amide bonds. The highest BCUT2D eigenvalue weighted by atomic mass is 14.4. The standard InChI is InChI=1S/C11H22/c1-8(2)5-6-10-7-11(10)9(3)4/h8-11H,5-7H2,1-4H3. The van der Waals surface area contributed by atoms with Crippen LogP contribution in [0.3, 0.4) is 0 Å².